The highest BCUT2D eigenvalue weighted by atomic mass is 16.5. The summed E-state index contributed by atoms with van der Waals surface area (Å²) in [7, 11) is 0. The van der Waals surface area contributed by atoms with Gasteiger partial charge in [-0.3, -0.25) is 9.78 Å². The average Bonchev–Trinajstić information content (AvgIpc) is 3.33. The zero-order valence-electron chi connectivity index (χ0n) is 14.3. The summed E-state index contributed by atoms with van der Waals surface area (Å²) < 4.78 is 7.12. The van der Waals surface area contributed by atoms with Gasteiger partial charge in [0, 0.05) is 32.5 Å². The summed E-state index contributed by atoms with van der Waals surface area (Å²) in [5.74, 6) is 1.27. The molecule has 0 saturated carbocycles. The van der Waals surface area contributed by atoms with E-state index in [-0.39, 0.29) is 5.91 Å². The Labute approximate surface area is 147 Å². The van der Waals surface area contributed by atoms with E-state index in [0.29, 0.717) is 24.1 Å². The van der Waals surface area contributed by atoms with Gasteiger partial charge in [0.25, 0.3) is 5.91 Å². The van der Waals surface area contributed by atoms with E-state index in [2.05, 4.69) is 15.3 Å². The highest BCUT2D eigenvalue weighted by Crippen LogP contribution is 2.31. The monoisotopic (exact) mass is 341 g/mol. The topological polar surface area (TPSA) is 73.1 Å². The van der Waals surface area contributed by atoms with Crippen LogP contribution in [-0.4, -0.2) is 57.1 Å². The second-order valence-corrected chi connectivity index (χ2v) is 6.87. The zero-order valence-corrected chi connectivity index (χ0v) is 14.3. The number of hydrogen-bond donors (Lipinski definition) is 0. The van der Waals surface area contributed by atoms with Gasteiger partial charge in [0.2, 0.25) is 0 Å². The molecular formula is C18H23N5O2. The van der Waals surface area contributed by atoms with Gasteiger partial charge in [-0.25, -0.2) is 4.68 Å². The quantitative estimate of drug-likeness (QED) is 0.845. The molecule has 0 radical (unpaired) electrons. The number of carbonyl (C=O) groups excluding carboxylic acids is 1. The van der Waals surface area contributed by atoms with E-state index in [1.165, 1.54) is 0 Å². The fraction of sp³-hybridized carbons (Fsp3) is 0.556. The van der Waals surface area contributed by atoms with Crippen LogP contribution in [0.4, 0.5) is 0 Å². The fourth-order valence-electron chi connectivity index (χ4n) is 3.84. The van der Waals surface area contributed by atoms with Crippen molar-refractivity contribution in [2.24, 2.45) is 11.8 Å². The Balaban J connectivity index is 1.37. The van der Waals surface area contributed by atoms with Crippen molar-refractivity contribution in [2.75, 3.05) is 26.3 Å². The summed E-state index contributed by atoms with van der Waals surface area (Å²) in [6.07, 6.45) is 6.79. The standard InChI is InChI=1S/C18H23N5O2/c24-18(22-8-4-15(11-22)14-5-9-25-10-6-14)17-13-23(21-20-17)12-16-3-1-2-7-19-16/h1-3,7,13-15H,4-6,8-12H2. The molecule has 2 saturated heterocycles. The van der Waals surface area contributed by atoms with Crippen molar-refractivity contribution in [3.05, 3.63) is 42.0 Å². The summed E-state index contributed by atoms with van der Waals surface area (Å²) in [5, 5.41) is 8.14. The lowest BCUT2D eigenvalue weighted by Gasteiger charge is -2.27. The summed E-state index contributed by atoms with van der Waals surface area (Å²) in [4.78, 5) is 18.9. The first kappa shape index (κ1) is 16.2. The number of likely N-dealkylation sites (tertiary alicyclic amines) is 1. The van der Waals surface area contributed by atoms with Crippen LogP contribution >= 0.6 is 0 Å². The molecule has 25 heavy (non-hydrogen) atoms. The molecule has 7 heteroatoms. The molecule has 0 bridgehead atoms. The highest BCUT2D eigenvalue weighted by Gasteiger charge is 2.33. The van der Waals surface area contributed by atoms with Crippen molar-refractivity contribution in [1.29, 1.82) is 0 Å². The molecule has 0 N–H and O–H groups in total. The number of ether oxygens (including phenoxy) is 1. The van der Waals surface area contributed by atoms with Gasteiger partial charge in [-0.1, -0.05) is 11.3 Å². The van der Waals surface area contributed by atoms with Crippen LogP contribution in [0.5, 0.6) is 0 Å². The van der Waals surface area contributed by atoms with Gasteiger partial charge in [0.1, 0.15) is 0 Å². The Hall–Kier alpha value is -2.28. The lowest BCUT2D eigenvalue weighted by atomic mass is 9.85. The zero-order chi connectivity index (χ0) is 17.1. The Bertz CT molecular complexity index is 711. The van der Waals surface area contributed by atoms with Crippen molar-refractivity contribution in [3.63, 3.8) is 0 Å². The third kappa shape index (κ3) is 3.71. The minimum Gasteiger partial charge on any atom is -0.381 e. The number of hydrogen-bond acceptors (Lipinski definition) is 5. The van der Waals surface area contributed by atoms with Gasteiger partial charge in [-0.05, 0) is 43.2 Å². The van der Waals surface area contributed by atoms with Gasteiger partial charge >= 0.3 is 0 Å². The number of carbonyl (C=O) groups is 1. The lowest BCUT2D eigenvalue weighted by Crippen LogP contribution is -2.31. The van der Waals surface area contributed by atoms with Crippen LogP contribution in [-0.2, 0) is 11.3 Å². The number of rotatable bonds is 4. The SMILES string of the molecule is O=C(c1cn(Cc2ccccn2)nn1)N1CCC(C2CCOCC2)C1. The fourth-order valence-corrected chi connectivity index (χ4v) is 3.84. The first-order chi connectivity index (χ1) is 12.3. The van der Waals surface area contributed by atoms with Crippen LogP contribution in [0.25, 0.3) is 0 Å². The predicted octanol–water partition coefficient (Wildman–Crippen LogP) is 1.61. The van der Waals surface area contributed by atoms with E-state index in [4.69, 9.17) is 4.74 Å². The van der Waals surface area contributed by atoms with Crippen molar-refractivity contribution in [1.82, 2.24) is 24.9 Å². The molecule has 0 aromatic carbocycles. The van der Waals surface area contributed by atoms with Gasteiger partial charge in [0.05, 0.1) is 18.4 Å². The molecule has 0 aliphatic carbocycles. The molecule has 132 valence electrons. The summed E-state index contributed by atoms with van der Waals surface area (Å²) in [6.45, 7) is 3.88. The van der Waals surface area contributed by atoms with Crippen LogP contribution < -0.4 is 0 Å². The van der Waals surface area contributed by atoms with Crippen molar-refractivity contribution in [2.45, 2.75) is 25.8 Å². The van der Waals surface area contributed by atoms with Crippen LogP contribution in [0.3, 0.4) is 0 Å². The minimum atomic E-state index is -0.0122. The second kappa shape index (κ2) is 7.31. The van der Waals surface area contributed by atoms with Crippen LogP contribution in [0.2, 0.25) is 0 Å². The number of nitrogens with zero attached hydrogens (tertiary/aromatic N) is 5. The third-order valence-electron chi connectivity index (χ3n) is 5.25. The smallest absolute Gasteiger partial charge is 0.276 e. The molecule has 7 nitrogen and oxygen atoms in total. The molecule has 2 aromatic rings. The molecular weight excluding hydrogens is 318 g/mol. The summed E-state index contributed by atoms with van der Waals surface area (Å²) in [6, 6.07) is 5.75. The van der Waals surface area contributed by atoms with E-state index in [1.54, 1.807) is 17.1 Å². The summed E-state index contributed by atoms with van der Waals surface area (Å²) >= 11 is 0. The maximum absolute atomic E-state index is 12.7. The molecule has 2 fully saturated rings. The Morgan fingerprint density at radius 1 is 1.20 bits per heavy atom. The first-order valence-electron chi connectivity index (χ1n) is 8.96. The van der Waals surface area contributed by atoms with Gasteiger partial charge in [0.15, 0.2) is 5.69 Å². The van der Waals surface area contributed by atoms with Crippen LogP contribution in [0.1, 0.15) is 35.4 Å². The maximum Gasteiger partial charge on any atom is 0.276 e. The normalized spacial score (nSPS) is 21.6. The molecule has 0 spiro atoms. The van der Waals surface area contributed by atoms with Gasteiger partial charge in [-0.2, -0.15) is 0 Å². The maximum atomic E-state index is 12.7. The Morgan fingerprint density at radius 2 is 2.08 bits per heavy atom. The van der Waals surface area contributed by atoms with E-state index in [0.717, 1.165) is 51.3 Å². The molecule has 2 aliphatic rings. The highest BCUT2D eigenvalue weighted by molar-refractivity contribution is 5.92. The van der Waals surface area contributed by atoms with E-state index in [1.807, 2.05) is 23.1 Å². The Kier molecular flexibility index (Phi) is 4.74. The molecule has 1 atom stereocenters. The minimum absolute atomic E-state index is 0.0122. The third-order valence-corrected chi connectivity index (χ3v) is 5.25. The molecule has 4 heterocycles. The van der Waals surface area contributed by atoms with Crippen LogP contribution in [0.15, 0.2) is 30.6 Å². The van der Waals surface area contributed by atoms with E-state index < -0.39 is 0 Å². The van der Waals surface area contributed by atoms with Crippen LogP contribution in [0, 0.1) is 11.8 Å². The predicted molar refractivity (Wildman–Crippen MR) is 90.9 cm³/mol. The Morgan fingerprint density at radius 3 is 2.88 bits per heavy atom. The lowest BCUT2D eigenvalue weighted by molar-refractivity contribution is 0.0471. The number of pyridine rings is 1. The van der Waals surface area contributed by atoms with E-state index >= 15 is 0 Å². The van der Waals surface area contributed by atoms with Crippen molar-refractivity contribution in [3.8, 4) is 0 Å². The van der Waals surface area contributed by atoms with Crippen molar-refractivity contribution >= 4 is 5.91 Å². The number of amides is 1. The second-order valence-electron chi connectivity index (χ2n) is 6.87. The molecule has 2 aliphatic heterocycles. The molecule has 4 rings (SSSR count). The van der Waals surface area contributed by atoms with Gasteiger partial charge in [-0.15, -0.1) is 5.10 Å². The average molecular weight is 341 g/mol. The number of aromatic nitrogens is 4. The van der Waals surface area contributed by atoms with Crippen molar-refractivity contribution < 1.29 is 9.53 Å². The van der Waals surface area contributed by atoms with E-state index in [9.17, 15) is 4.79 Å². The molecule has 1 unspecified atom stereocenters. The summed E-state index contributed by atoms with van der Waals surface area (Å²) in [5.41, 5.74) is 1.32. The largest absolute Gasteiger partial charge is 0.381 e. The first-order valence-corrected chi connectivity index (χ1v) is 8.96. The molecule has 2 aromatic heterocycles. The van der Waals surface area contributed by atoms with Gasteiger partial charge < -0.3 is 9.64 Å². The molecule has 1 amide bonds.